The van der Waals surface area contributed by atoms with Gasteiger partial charge in [0, 0.05) is 0 Å². The standard InChI is InChI=1S/C14H13N5O3/c15-14-18-9(10-12(19-14)17-7-16-10)11(13(20)21)22-6-8-4-2-1-3-5-8/h1-5,7,11H,6H2,(H,20,21)(H3,15,16,17,18,19). The number of H-pyrrole nitrogens is 1. The van der Waals surface area contributed by atoms with E-state index in [2.05, 4.69) is 19.9 Å². The Balaban J connectivity index is 1.93. The number of hydrogen-bond donors (Lipinski definition) is 3. The maximum atomic E-state index is 11.5. The number of benzene rings is 1. The maximum absolute atomic E-state index is 11.5. The van der Waals surface area contributed by atoms with Crippen LogP contribution in [0.2, 0.25) is 0 Å². The SMILES string of the molecule is Nc1nc(C(OCc2ccccc2)C(=O)O)c2[nH]cnc2n1. The van der Waals surface area contributed by atoms with Crippen molar-refractivity contribution in [3.63, 3.8) is 0 Å². The Kier molecular flexibility index (Phi) is 3.67. The number of nitrogens with two attached hydrogens (primary N) is 1. The summed E-state index contributed by atoms with van der Waals surface area (Å²) in [5, 5.41) is 9.43. The number of aromatic nitrogens is 4. The van der Waals surface area contributed by atoms with Crippen molar-refractivity contribution in [1.29, 1.82) is 0 Å². The quantitative estimate of drug-likeness (QED) is 0.647. The number of nitrogens with zero attached hydrogens (tertiary/aromatic N) is 3. The number of fused-ring (bicyclic) bond motifs is 1. The van der Waals surface area contributed by atoms with E-state index in [0.717, 1.165) is 5.56 Å². The molecule has 1 atom stereocenters. The van der Waals surface area contributed by atoms with Gasteiger partial charge in [-0.2, -0.15) is 4.98 Å². The van der Waals surface area contributed by atoms with Crippen LogP contribution >= 0.6 is 0 Å². The molecular weight excluding hydrogens is 286 g/mol. The van der Waals surface area contributed by atoms with Crippen LogP contribution in [0.15, 0.2) is 36.7 Å². The largest absolute Gasteiger partial charge is 0.479 e. The molecule has 0 aliphatic carbocycles. The van der Waals surface area contributed by atoms with Crippen LogP contribution in [0.3, 0.4) is 0 Å². The third-order valence-corrected chi connectivity index (χ3v) is 3.06. The molecule has 22 heavy (non-hydrogen) atoms. The summed E-state index contributed by atoms with van der Waals surface area (Å²) < 4.78 is 5.52. The fourth-order valence-electron chi connectivity index (χ4n) is 2.08. The number of nitrogen functional groups attached to an aromatic ring is 1. The fourth-order valence-corrected chi connectivity index (χ4v) is 2.08. The van der Waals surface area contributed by atoms with Gasteiger partial charge in [-0.1, -0.05) is 30.3 Å². The van der Waals surface area contributed by atoms with Crippen molar-refractivity contribution < 1.29 is 14.6 Å². The molecule has 0 saturated carbocycles. The molecule has 8 heteroatoms. The highest BCUT2D eigenvalue weighted by Gasteiger charge is 2.26. The molecular formula is C14H13N5O3. The van der Waals surface area contributed by atoms with Crippen molar-refractivity contribution in [1.82, 2.24) is 19.9 Å². The third kappa shape index (κ3) is 2.72. The first-order chi connectivity index (χ1) is 10.6. The van der Waals surface area contributed by atoms with Crippen molar-refractivity contribution in [2.24, 2.45) is 0 Å². The van der Waals surface area contributed by atoms with E-state index in [1.165, 1.54) is 6.33 Å². The second-order valence-corrected chi connectivity index (χ2v) is 4.58. The number of nitrogens with one attached hydrogen (secondary N) is 1. The van der Waals surface area contributed by atoms with E-state index in [9.17, 15) is 9.90 Å². The predicted octanol–water partition coefficient (Wildman–Crippen LogP) is 1.28. The number of carbonyl (C=O) groups is 1. The van der Waals surface area contributed by atoms with Gasteiger partial charge in [-0.05, 0) is 5.56 Å². The smallest absolute Gasteiger partial charge is 0.339 e. The Morgan fingerprint density at radius 3 is 2.82 bits per heavy atom. The Morgan fingerprint density at radius 1 is 1.32 bits per heavy atom. The minimum absolute atomic E-state index is 0.0517. The zero-order valence-corrected chi connectivity index (χ0v) is 11.4. The molecule has 2 heterocycles. The predicted molar refractivity (Wildman–Crippen MR) is 77.7 cm³/mol. The molecule has 8 nitrogen and oxygen atoms in total. The van der Waals surface area contributed by atoms with E-state index in [1.54, 1.807) is 0 Å². The Labute approximate surface area is 125 Å². The lowest BCUT2D eigenvalue weighted by Crippen LogP contribution is -2.18. The molecule has 4 N–H and O–H groups in total. The van der Waals surface area contributed by atoms with E-state index in [-0.39, 0.29) is 18.2 Å². The summed E-state index contributed by atoms with van der Waals surface area (Å²) in [4.78, 5) is 26.2. The molecule has 0 aliphatic rings. The number of aromatic amines is 1. The van der Waals surface area contributed by atoms with Crippen LogP contribution in [0.4, 0.5) is 5.95 Å². The minimum Gasteiger partial charge on any atom is -0.479 e. The Morgan fingerprint density at radius 2 is 2.09 bits per heavy atom. The highest BCUT2D eigenvalue weighted by Crippen LogP contribution is 2.24. The second-order valence-electron chi connectivity index (χ2n) is 4.58. The average molecular weight is 299 g/mol. The summed E-state index contributed by atoms with van der Waals surface area (Å²) in [6, 6.07) is 9.27. The van der Waals surface area contributed by atoms with E-state index in [0.29, 0.717) is 11.2 Å². The molecule has 0 saturated heterocycles. The molecule has 2 aromatic heterocycles. The average Bonchev–Trinajstić information content (AvgIpc) is 2.96. The third-order valence-electron chi connectivity index (χ3n) is 3.06. The number of ether oxygens (including phenoxy) is 1. The number of carboxylic acid groups (broad SMARTS) is 1. The van der Waals surface area contributed by atoms with Gasteiger partial charge >= 0.3 is 5.97 Å². The van der Waals surface area contributed by atoms with Crippen molar-refractivity contribution >= 4 is 23.1 Å². The zero-order chi connectivity index (χ0) is 15.5. The maximum Gasteiger partial charge on any atom is 0.339 e. The minimum atomic E-state index is -1.27. The molecule has 0 amide bonds. The van der Waals surface area contributed by atoms with Crippen LogP contribution in [0.25, 0.3) is 11.2 Å². The topological polar surface area (TPSA) is 127 Å². The first-order valence-corrected chi connectivity index (χ1v) is 6.50. The van der Waals surface area contributed by atoms with Crippen LogP contribution in [-0.2, 0) is 16.1 Å². The van der Waals surface area contributed by atoms with Gasteiger partial charge < -0.3 is 20.6 Å². The lowest BCUT2D eigenvalue weighted by atomic mass is 10.2. The molecule has 1 aromatic carbocycles. The number of rotatable bonds is 5. The van der Waals surface area contributed by atoms with E-state index < -0.39 is 12.1 Å². The van der Waals surface area contributed by atoms with Crippen LogP contribution < -0.4 is 5.73 Å². The van der Waals surface area contributed by atoms with E-state index >= 15 is 0 Å². The lowest BCUT2D eigenvalue weighted by molar-refractivity contribution is -0.152. The number of carboxylic acids is 1. The van der Waals surface area contributed by atoms with Crippen LogP contribution in [-0.4, -0.2) is 31.0 Å². The first kappa shape index (κ1) is 14.0. The van der Waals surface area contributed by atoms with Crippen molar-refractivity contribution in [2.45, 2.75) is 12.7 Å². The molecule has 0 aliphatic heterocycles. The lowest BCUT2D eigenvalue weighted by Gasteiger charge is -2.14. The summed E-state index contributed by atoms with van der Waals surface area (Å²) in [5.41, 5.74) is 7.32. The van der Waals surface area contributed by atoms with Crippen molar-refractivity contribution in [3.05, 3.63) is 47.9 Å². The highest BCUT2D eigenvalue weighted by atomic mass is 16.5. The number of hydrogen-bond acceptors (Lipinski definition) is 6. The van der Waals surface area contributed by atoms with Gasteiger partial charge in [0.15, 0.2) is 11.8 Å². The fraction of sp³-hybridized carbons (Fsp3) is 0.143. The molecule has 0 bridgehead atoms. The monoisotopic (exact) mass is 299 g/mol. The number of imidazole rings is 1. The molecule has 112 valence electrons. The van der Waals surface area contributed by atoms with Crippen LogP contribution in [0.1, 0.15) is 17.4 Å². The van der Waals surface area contributed by atoms with Crippen molar-refractivity contribution in [2.75, 3.05) is 5.73 Å². The van der Waals surface area contributed by atoms with Gasteiger partial charge in [0.25, 0.3) is 0 Å². The van der Waals surface area contributed by atoms with Crippen molar-refractivity contribution in [3.8, 4) is 0 Å². The zero-order valence-electron chi connectivity index (χ0n) is 11.4. The van der Waals surface area contributed by atoms with Crippen LogP contribution in [0, 0.1) is 0 Å². The van der Waals surface area contributed by atoms with Gasteiger partial charge in [-0.25, -0.2) is 14.8 Å². The molecule has 0 radical (unpaired) electrons. The van der Waals surface area contributed by atoms with Gasteiger partial charge in [-0.15, -0.1) is 0 Å². The van der Waals surface area contributed by atoms with E-state index in [4.69, 9.17) is 10.5 Å². The van der Waals surface area contributed by atoms with Crippen LogP contribution in [0.5, 0.6) is 0 Å². The first-order valence-electron chi connectivity index (χ1n) is 6.50. The number of anilines is 1. The summed E-state index contributed by atoms with van der Waals surface area (Å²) in [6.45, 7) is 0.136. The molecule has 3 aromatic rings. The second kappa shape index (κ2) is 5.78. The van der Waals surface area contributed by atoms with Gasteiger partial charge in [0.05, 0.1) is 12.9 Å². The molecule has 0 fully saturated rings. The summed E-state index contributed by atoms with van der Waals surface area (Å²) in [5.74, 6) is -1.21. The summed E-state index contributed by atoms with van der Waals surface area (Å²) in [7, 11) is 0. The molecule has 3 rings (SSSR count). The highest BCUT2D eigenvalue weighted by molar-refractivity contribution is 5.82. The van der Waals surface area contributed by atoms with Gasteiger partial charge in [-0.3, -0.25) is 0 Å². The summed E-state index contributed by atoms with van der Waals surface area (Å²) >= 11 is 0. The van der Waals surface area contributed by atoms with E-state index in [1.807, 2.05) is 30.3 Å². The Hall–Kier alpha value is -3.00. The van der Waals surface area contributed by atoms with Gasteiger partial charge in [0.1, 0.15) is 11.2 Å². The summed E-state index contributed by atoms with van der Waals surface area (Å²) in [6.07, 6.45) is 0.131. The molecule has 1 unspecified atom stereocenters. The normalized spacial score (nSPS) is 12.4. The van der Waals surface area contributed by atoms with Gasteiger partial charge in [0.2, 0.25) is 5.95 Å². The molecule has 0 spiro atoms. The Bertz CT molecular complexity index is 803. The number of aliphatic carboxylic acids is 1.